The molecular formula is C27H25BF3N3O4. The fourth-order valence-electron chi connectivity index (χ4n) is 3.55. The Balaban J connectivity index is 1.57. The molecule has 1 atom stereocenters. The number of pyridine rings is 1. The minimum absolute atomic E-state index is 0.00332. The van der Waals surface area contributed by atoms with Crippen molar-refractivity contribution in [2.24, 2.45) is 0 Å². The number of hydrogen-bond acceptors (Lipinski definition) is 6. The van der Waals surface area contributed by atoms with E-state index in [4.69, 9.17) is 4.74 Å². The molecule has 0 spiro atoms. The number of hydrogen-bond donors (Lipinski definition) is 3. The number of alkyl carbamates (subject to hydrolysis) is 1. The average Bonchev–Trinajstić information content (AvgIpc) is 2.88. The molecule has 1 amide bonds. The summed E-state index contributed by atoms with van der Waals surface area (Å²) in [7, 11) is -1.78. The smallest absolute Gasteiger partial charge is 0.449 e. The van der Waals surface area contributed by atoms with Crippen molar-refractivity contribution in [3.05, 3.63) is 100 Å². The number of ether oxygens (including phenoxy) is 1. The highest BCUT2D eigenvalue weighted by atomic mass is 19.4. The lowest BCUT2D eigenvalue weighted by Crippen LogP contribution is -2.48. The van der Waals surface area contributed by atoms with E-state index in [0.29, 0.717) is 18.2 Å². The summed E-state index contributed by atoms with van der Waals surface area (Å²) >= 11 is 0. The van der Waals surface area contributed by atoms with E-state index < -0.39 is 30.9 Å². The van der Waals surface area contributed by atoms with Crippen molar-refractivity contribution in [1.29, 1.82) is 5.26 Å². The first-order valence-corrected chi connectivity index (χ1v) is 11.6. The van der Waals surface area contributed by atoms with Crippen molar-refractivity contribution >= 4 is 24.9 Å². The Hall–Kier alpha value is -4.14. The number of aromatic nitrogens is 1. The molecule has 1 heterocycles. The van der Waals surface area contributed by atoms with Gasteiger partial charge in [-0.25, -0.2) is 4.79 Å². The summed E-state index contributed by atoms with van der Waals surface area (Å²) in [6.07, 6.45) is -2.59. The Kier molecular flexibility index (Phi) is 9.65. The van der Waals surface area contributed by atoms with Crippen LogP contribution in [0.2, 0.25) is 0 Å². The van der Waals surface area contributed by atoms with Crippen molar-refractivity contribution < 1.29 is 32.8 Å². The van der Waals surface area contributed by atoms with Crippen LogP contribution in [-0.4, -0.2) is 40.8 Å². The molecule has 3 aromatic rings. The number of carbonyl (C=O) groups excluding carboxylic acids is 1. The SMILES string of the molecule is Cc1ccc(CC(NC(=O)OCCc2cccc(C=C(C#N)c3ccc(C(F)(F)F)cn3)c2)B(O)O)cc1. The molecule has 11 heteroatoms. The van der Waals surface area contributed by atoms with Gasteiger partial charge >= 0.3 is 19.4 Å². The van der Waals surface area contributed by atoms with Gasteiger partial charge in [-0.2, -0.15) is 18.4 Å². The first-order valence-electron chi connectivity index (χ1n) is 11.6. The Morgan fingerprint density at radius 1 is 1.16 bits per heavy atom. The van der Waals surface area contributed by atoms with E-state index in [2.05, 4.69) is 10.3 Å². The number of halogens is 3. The molecule has 3 N–H and O–H groups in total. The molecule has 3 rings (SSSR count). The molecule has 1 aromatic heterocycles. The quantitative estimate of drug-likeness (QED) is 0.284. The van der Waals surface area contributed by atoms with Crippen LogP contribution in [0.25, 0.3) is 11.6 Å². The van der Waals surface area contributed by atoms with Crippen LogP contribution in [0.15, 0.2) is 66.9 Å². The average molecular weight is 523 g/mol. The third-order valence-electron chi connectivity index (χ3n) is 5.61. The highest BCUT2D eigenvalue weighted by Gasteiger charge is 2.30. The van der Waals surface area contributed by atoms with Gasteiger partial charge in [-0.1, -0.05) is 54.1 Å². The molecule has 0 fully saturated rings. The first kappa shape index (κ1) is 28.4. The molecule has 0 aliphatic rings. The summed E-state index contributed by atoms with van der Waals surface area (Å²) in [6, 6.07) is 18.4. The van der Waals surface area contributed by atoms with Gasteiger partial charge in [-0.3, -0.25) is 4.98 Å². The van der Waals surface area contributed by atoms with Gasteiger partial charge in [0.1, 0.15) is 6.07 Å². The van der Waals surface area contributed by atoms with E-state index in [9.17, 15) is 33.3 Å². The van der Waals surface area contributed by atoms with E-state index in [1.54, 1.807) is 24.3 Å². The summed E-state index contributed by atoms with van der Waals surface area (Å²) in [4.78, 5) is 16.0. The third kappa shape index (κ3) is 8.47. The molecule has 0 radical (unpaired) electrons. The molecule has 2 aromatic carbocycles. The number of allylic oxidation sites excluding steroid dienone is 1. The lowest BCUT2D eigenvalue weighted by molar-refractivity contribution is -0.137. The summed E-state index contributed by atoms with van der Waals surface area (Å²) in [6.45, 7) is 1.94. The van der Waals surface area contributed by atoms with Gasteiger partial charge in [0.2, 0.25) is 0 Å². The Morgan fingerprint density at radius 2 is 1.89 bits per heavy atom. The molecule has 0 saturated heterocycles. The highest BCUT2D eigenvalue weighted by Crippen LogP contribution is 2.29. The zero-order chi connectivity index (χ0) is 27.7. The summed E-state index contributed by atoms with van der Waals surface area (Å²) < 4.78 is 43.5. The van der Waals surface area contributed by atoms with E-state index in [-0.39, 0.29) is 24.3 Å². The molecule has 1 unspecified atom stereocenters. The van der Waals surface area contributed by atoms with E-state index in [1.807, 2.05) is 37.3 Å². The predicted octanol–water partition coefficient (Wildman–Crippen LogP) is 4.37. The summed E-state index contributed by atoms with van der Waals surface area (Å²) in [5.41, 5.74) is 2.57. The second kappa shape index (κ2) is 12.9. The molecule has 0 aliphatic heterocycles. The van der Waals surface area contributed by atoms with Crippen LogP contribution in [0.5, 0.6) is 0 Å². The molecule has 7 nitrogen and oxygen atoms in total. The van der Waals surface area contributed by atoms with Crippen LogP contribution < -0.4 is 5.32 Å². The lowest BCUT2D eigenvalue weighted by Gasteiger charge is -2.18. The minimum Gasteiger partial charge on any atom is -0.449 e. The number of alkyl halides is 3. The molecule has 0 saturated carbocycles. The van der Waals surface area contributed by atoms with E-state index >= 15 is 0 Å². The molecule has 196 valence electrons. The Bertz CT molecular complexity index is 1300. The third-order valence-corrected chi connectivity index (χ3v) is 5.61. The van der Waals surface area contributed by atoms with Crippen molar-refractivity contribution in [1.82, 2.24) is 10.3 Å². The number of nitrogens with zero attached hydrogens (tertiary/aromatic N) is 2. The summed E-state index contributed by atoms with van der Waals surface area (Å²) in [5, 5.41) is 31.2. The number of carbonyl (C=O) groups is 1. The van der Waals surface area contributed by atoms with Crippen LogP contribution in [0.4, 0.5) is 18.0 Å². The number of nitrogens with one attached hydrogen (secondary N) is 1. The maximum atomic E-state index is 12.8. The van der Waals surface area contributed by atoms with E-state index in [0.717, 1.165) is 28.8 Å². The van der Waals surface area contributed by atoms with Crippen molar-refractivity contribution in [2.75, 3.05) is 6.61 Å². The molecule has 38 heavy (non-hydrogen) atoms. The van der Waals surface area contributed by atoms with Crippen LogP contribution in [-0.2, 0) is 23.8 Å². The minimum atomic E-state index is -4.52. The van der Waals surface area contributed by atoms with Gasteiger partial charge in [0.05, 0.1) is 29.4 Å². The Labute approximate surface area is 218 Å². The van der Waals surface area contributed by atoms with Gasteiger partial charge in [-0.05, 0) is 48.2 Å². The lowest BCUT2D eigenvalue weighted by atomic mass is 9.76. The number of amides is 1. The van der Waals surface area contributed by atoms with Crippen molar-refractivity contribution in [2.45, 2.75) is 31.9 Å². The van der Waals surface area contributed by atoms with E-state index in [1.165, 1.54) is 6.08 Å². The monoisotopic (exact) mass is 523 g/mol. The number of rotatable bonds is 9. The number of benzene rings is 2. The fraction of sp³-hybridized carbons (Fsp3) is 0.222. The second-order valence-corrected chi connectivity index (χ2v) is 8.58. The van der Waals surface area contributed by atoms with Crippen LogP contribution in [0.1, 0.15) is 33.5 Å². The fourth-order valence-corrected chi connectivity index (χ4v) is 3.55. The van der Waals surface area contributed by atoms with Gasteiger partial charge in [0.25, 0.3) is 0 Å². The topological polar surface area (TPSA) is 115 Å². The van der Waals surface area contributed by atoms with Crippen LogP contribution >= 0.6 is 0 Å². The molecular weight excluding hydrogens is 498 g/mol. The summed E-state index contributed by atoms with van der Waals surface area (Å²) in [5.74, 6) is -0.957. The molecule has 0 bridgehead atoms. The zero-order valence-corrected chi connectivity index (χ0v) is 20.4. The normalized spacial score (nSPS) is 12.4. The maximum Gasteiger partial charge on any atom is 0.475 e. The van der Waals surface area contributed by atoms with Crippen molar-refractivity contribution in [3.8, 4) is 6.07 Å². The van der Waals surface area contributed by atoms with Crippen LogP contribution in [0, 0.1) is 18.3 Å². The van der Waals surface area contributed by atoms with Crippen LogP contribution in [0.3, 0.4) is 0 Å². The molecule has 0 aliphatic carbocycles. The maximum absolute atomic E-state index is 12.8. The zero-order valence-electron chi connectivity index (χ0n) is 20.4. The second-order valence-electron chi connectivity index (χ2n) is 8.58. The van der Waals surface area contributed by atoms with Gasteiger partial charge in [0, 0.05) is 12.6 Å². The largest absolute Gasteiger partial charge is 0.475 e. The van der Waals surface area contributed by atoms with Crippen molar-refractivity contribution in [3.63, 3.8) is 0 Å². The highest BCUT2D eigenvalue weighted by molar-refractivity contribution is 6.43. The number of nitriles is 1. The van der Waals surface area contributed by atoms with Gasteiger partial charge in [-0.15, -0.1) is 0 Å². The van der Waals surface area contributed by atoms with Gasteiger partial charge < -0.3 is 20.1 Å². The first-order chi connectivity index (χ1) is 18.0. The predicted molar refractivity (Wildman–Crippen MR) is 136 cm³/mol. The van der Waals surface area contributed by atoms with Gasteiger partial charge in [0.15, 0.2) is 0 Å². The Morgan fingerprint density at radius 3 is 2.50 bits per heavy atom. The number of aryl methyl sites for hydroxylation is 1. The standard InChI is InChI=1S/C27H25BF3N3O4/c1-18-5-7-20(8-6-18)15-25(28(36)37)34-26(35)38-12-11-19-3-2-4-21(13-19)14-22(16-32)24-10-9-23(17-33-24)27(29,30)31/h2-10,13-14,17,25,36-37H,11-12,15H2,1H3,(H,34,35).